The zero-order valence-electron chi connectivity index (χ0n) is 12.2. The predicted octanol–water partition coefficient (Wildman–Crippen LogP) is 1.72. The van der Waals surface area contributed by atoms with Crippen molar-refractivity contribution in [2.45, 2.75) is 63.7 Å². The SMILES string of the molecule is CC1CCCCC(S(=O)(=O)CCC(N)CO)CC1C. The average molecular weight is 291 g/mol. The van der Waals surface area contributed by atoms with Crippen molar-refractivity contribution >= 4 is 9.84 Å². The molecule has 5 heteroatoms. The molecule has 0 saturated heterocycles. The van der Waals surface area contributed by atoms with E-state index in [2.05, 4.69) is 13.8 Å². The van der Waals surface area contributed by atoms with Crippen LogP contribution in [0.2, 0.25) is 0 Å². The molecule has 0 amide bonds. The van der Waals surface area contributed by atoms with Gasteiger partial charge in [-0.3, -0.25) is 0 Å². The van der Waals surface area contributed by atoms with Gasteiger partial charge in [-0.1, -0.05) is 33.1 Å². The van der Waals surface area contributed by atoms with Crippen LogP contribution >= 0.6 is 0 Å². The lowest BCUT2D eigenvalue weighted by molar-refractivity contribution is 0.263. The first kappa shape index (κ1) is 16.9. The van der Waals surface area contributed by atoms with E-state index < -0.39 is 15.9 Å². The molecule has 1 saturated carbocycles. The standard InChI is InChI=1S/C14H29NO3S/c1-11-5-3-4-6-14(9-12(11)2)19(17,18)8-7-13(15)10-16/h11-14,16H,3-10,15H2,1-2H3. The second-order valence-corrected chi connectivity index (χ2v) is 8.60. The maximum absolute atomic E-state index is 12.4. The minimum absolute atomic E-state index is 0.112. The summed E-state index contributed by atoms with van der Waals surface area (Å²) >= 11 is 0. The molecule has 0 bridgehead atoms. The largest absolute Gasteiger partial charge is 0.395 e. The van der Waals surface area contributed by atoms with E-state index in [1.54, 1.807) is 0 Å². The number of hydrogen-bond acceptors (Lipinski definition) is 4. The van der Waals surface area contributed by atoms with Gasteiger partial charge < -0.3 is 10.8 Å². The predicted molar refractivity (Wildman–Crippen MR) is 78.7 cm³/mol. The molecule has 1 aliphatic carbocycles. The zero-order chi connectivity index (χ0) is 14.5. The molecule has 4 atom stereocenters. The van der Waals surface area contributed by atoms with Gasteiger partial charge in [-0.05, 0) is 31.1 Å². The first-order valence-electron chi connectivity index (χ1n) is 7.44. The highest BCUT2D eigenvalue weighted by molar-refractivity contribution is 7.92. The van der Waals surface area contributed by atoms with Gasteiger partial charge >= 0.3 is 0 Å². The molecule has 1 aliphatic rings. The lowest BCUT2D eigenvalue weighted by Gasteiger charge is -2.28. The molecule has 0 aromatic rings. The van der Waals surface area contributed by atoms with Crippen molar-refractivity contribution in [3.05, 3.63) is 0 Å². The van der Waals surface area contributed by atoms with E-state index in [0.29, 0.717) is 18.3 Å². The van der Waals surface area contributed by atoms with Crippen LogP contribution in [0.5, 0.6) is 0 Å². The molecule has 0 radical (unpaired) electrons. The van der Waals surface area contributed by atoms with Gasteiger partial charge in [0.15, 0.2) is 9.84 Å². The van der Waals surface area contributed by atoms with Crippen molar-refractivity contribution in [3.63, 3.8) is 0 Å². The van der Waals surface area contributed by atoms with Crippen LogP contribution in [0.3, 0.4) is 0 Å². The Balaban J connectivity index is 2.63. The van der Waals surface area contributed by atoms with Gasteiger partial charge in [0.1, 0.15) is 0 Å². The molecule has 0 aromatic carbocycles. The van der Waals surface area contributed by atoms with Crippen LogP contribution in [-0.4, -0.2) is 37.2 Å². The highest BCUT2D eigenvalue weighted by Gasteiger charge is 2.30. The molecular formula is C14H29NO3S. The highest BCUT2D eigenvalue weighted by Crippen LogP contribution is 2.30. The molecule has 0 heterocycles. The Kier molecular flexibility index (Phi) is 6.77. The van der Waals surface area contributed by atoms with E-state index in [4.69, 9.17) is 10.8 Å². The van der Waals surface area contributed by atoms with Crippen molar-refractivity contribution in [2.24, 2.45) is 17.6 Å². The van der Waals surface area contributed by atoms with E-state index in [0.717, 1.165) is 25.7 Å². The average Bonchev–Trinajstić information content (AvgIpc) is 2.36. The van der Waals surface area contributed by atoms with Crippen molar-refractivity contribution < 1.29 is 13.5 Å². The summed E-state index contributed by atoms with van der Waals surface area (Å²) in [6.07, 6.45) is 5.27. The minimum Gasteiger partial charge on any atom is -0.395 e. The van der Waals surface area contributed by atoms with Crippen molar-refractivity contribution in [1.82, 2.24) is 0 Å². The van der Waals surface area contributed by atoms with Gasteiger partial charge in [0.05, 0.1) is 17.6 Å². The van der Waals surface area contributed by atoms with Gasteiger partial charge in [0, 0.05) is 6.04 Å². The summed E-state index contributed by atoms with van der Waals surface area (Å²) in [6, 6.07) is -0.417. The van der Waals surface area contributed by atoms with Crippen LogP contribution in [-0.2, 0) is 9.84 Å². The van der Waals surface area contributed by atoms with Crippen molar-refractivity contribution in [1.29, 1.82) is 0 Å². The molecule has 1 fully saturated rings. The topological polar surface area (TPSA) is 80.4 Å². The molecular weight excluding hydrogens is 262 g/mol. The quantitative estimate of drug-likeness (QED) is 0.808. The maximum atomic E-state index is 12.4. The van der Waals surface area contributed by atoms with E-state index >= 15 is 0 Å². The summed E-state index contributed by atoms with van der Waals surface area (Å²) in [4.78, 5) is 0. The van der Waals surface area contributed by atoms with Crippen LogP contribution in [0.15, 0.2) is 0 Å². The fourth-order valence-electron chi connectivity index (χ4n) is 2.79. The second kappa shape index (κ2) is 7.60. The molecule has 0 spiro atoms. The van der Waals surface area contributed by atoms with Gasteiger partial charge in [-0.25, -0.2) is 8.42 Å². The Labute approximate surface area is 117 Å². The molecule has 4 unspecified atom stereocenters. The lowest BCUT2D eigenvalue weighted by atomic mass is 9.84. The summed E-state index contributed by atoms with van der Waals surface area (Å²) in [5, 5.41) is 8.67. The van der Waals surface area contributed by atoms with Gasteiger partial charge in [0.25, 0.3) is 0 Å². The van der Waals surface area contributed by atoms with Crippen LogP contribution in [0, 0.1) is 11.8 Å². The third-order valence-corrected chi connectivity index (χ3v) is 6.81. The summed E-state index contributed by atoms with van der Waals surface area (Å²) in [6.45, 7) is 4.24. The third-order valence-electron chi connectivity index (χ3n) is 4.56. The Morgan fingerprint density at radius 1 is 1.21 bits per heavy atom. The van der Waals surface area contributed by atoms with Crippen LogP contribution in [0.1, 0.15) is 52.4 Å². The van der Waals surface area contributed by atoms with Crippen molar-refractivity contribution in [2.75, 3.05) is 12.4 Å². The molecule has 3 N–H and O–H groups in total. The smallest absolute Gasteiger partial charge is 0.153 e. The molecule has 0 aromatic heterocycles. The number of rotatable bonds is 5. The van der Waals surface area contributed by atoms with E-state index in [-0.39, 0.29) is 17.6 Å². The number of aliphatic hydroxyl groups is 1. The van der Waals surface area contributed by atoms with Gasteiger partial charge in [-0.2, -0.15) is 0 Å². The van der Waals surface area contributed by atoms with Gasteiger partial charge in [-0.15, -0.1) is 0 Å². The Hall–Kier alpha value is -0.130. The Bertz CT molecular complexity index is 356. The molecule has 1 rings (SSSR count). The lowest BCUT2D eigenvalue weighted by Crippen LogP contribution is -2.33. The first-order chi connectivity index (χ1) is 8.86. The number of sulfone groups is 1. The summed E-state index contributed by atoms with van der Waals surface area (Å²) in [5.74, 6) is 1.19. The summed E-state index contributed by atoms with van der Waals surface area (Å²) < 4.78 is 24.8. The fourth-order valence-corrected chi connectivity index (χ4v) is 4.87. The first-order valence-corrected chi connectivity index (χ1v) is 9.16. The van der Waals surface area contributed by atoms with Crippen molar-refractivity contribution in [3.8, 4) is 0 Å². The Morgan fingerprint density at radius 2 is 1.84 bits per heavy atom. The summed E-state index contributed by atoms with van der Waals surface area (Å²) in [7, 11) is -3.08. The molecule has 19 heavy (non-hydrogen) atoms. The molecule has 114 valence electrons. The minimum atomic E-state index is -3.08. The Morgan fingerprint density at radius 3 is 2.47 bits per heavy atom. The zero-order valence-corrected chi connectivity index (χ0v) is 13.0. The maximum Gasteiger partial charge on any atom is 0.153 e. The normalized spacial score (nSPS) is 31.5. The monoisotopic (exact) mass is 291 g/mol. The second-order valence-electron chi connectivity index (χ2n) is 6.20. The van der Waals surface area contributed by atoms with Crippen LogP contribution in [0.25, 0.3) is 0 Å². The number of nitrogens with two attached hydrogens (primary N) is 1. The van der Waals surface area contributed by atoms with Gasteiger partial charge in [0.2, 0.25) is 0 Å². The van der Waals surface area contributed by atoms with E-state index in [1.165, 1.54) is 6.42 Å². The van der Waals surface area contributed by atoms with Crippen LogP contribution in [0.4, 0.5) is 0 Å². The van der Waals surface area contributed by atoms with E-state index in [9.17, 15) is 8.42 Å². The number of aliphatic hydroxyl groups excluding tert-OH is 1. The third kappa shape index (κ3) is 5.40. The number of hydrogen-bond donors (Lipinski definition) is 2. The van der Waals surface area contributed by atoms with Crippen LogP contribution < -0.4 is 5.73 Å². The fraction of sp³-hybridized carbons (Fsp3) is 1.00. The highest BCUT2D eigenvalue weighted by atomic mass is 32.2. The summed E-state index contributed by atoms with van der Waals surface area (Å²) in [5.41, 5.74) is 5.60. The molecule has 0 aliphatic heterocycles. The molecule has 4 nitrogen and oxygen atoms in total. The van der Waals surface area contributed by atoms with E-state index in [1.807, 2.05) is 0 Å².